The maximum Gasteiger partial charge on any atom is 0.0964 e. The summed E-state index contributed by atoms with van der Waals surface area (Å²) >= 11 is 0. The van der Waals surface area contributed by atoms with E-state index in [0.29, 0.717) is 0 Å². The molecular formula is C14H22N6. The molecule has 0 aliphatic heterocycles. The number of rotatable bonds is 8. The summed E-state index contributed by atoms with van der Waals surface area (Å²) in [4.78, 5) is 6.29. The van der Waals surface area contributed by atoms with Gasteiger partial charge in [0.15, 0.2) is 0 Å². The van der Waals surface area contributed by atoms with Gasteiger partial charge in [0.2, 0.25) is 0 Å². The number of nitrogens with one attached hydrogen (secondary N) is 1. The molecule has 20 heavy (non-hydrogen) atoms. The molecular weight excluding hydrogens is 252 g/mol. The normalized spacial score (nSPS) is 11.2. The van der Waals surface area contributed by atoms with Crippen LogP contribution in [0, 0.1) is 0 Å². The molecule has 0 fully saturated rings. The third-order valence-electron chi connectivity index (χ3n) is 3.05. The Kier molecular flexibility index (Phi) is 5.64. The van der Waals surface area contributed by atoms with Gasteiger partial charge in [-0.15, -0.1) is 5.10 Å². The van der Waals surface area contributed by atoms with E-state index in [1.807, 2.05) is 35.4 Å². The molecule has 2 aromatic rings. The molecule has 0 aliphatic carbocycles. The fourth-order valence-corrected chi connectivity index (χ4v) is 1.93. The fourth-order valence-electron chi connectivity index (χ4n) is 1.93. The Balaban J connectivity index is 1.75. The van der Waals surface area contributed by atoms with Gasteiger partial charge in [-0.1, -0.05) is 12.1 Å². The topological polar surface area (TPSA) is 58.9 Å². The Hall–Kier alpha value is -1.79. The van der Waals surface area contributed by atoms with Gasteiger partial charge in [-0.3, -0.25) is 9.67 Å². The minimum atomic E-state index is 0.781. The third-order valence-corrected chi connectivity index (χ3v) is 3.05. The van der Waals surface area contributed by atoms with Gasteiger partial charge in [0.1, 0.15) is 0 Å². The van der Waals surface area contributed by atoms with Crippen LogP contribution in [-0.4, -0.2) is 45.0 Å². The van der Waals surface area contributed by atoms with Crippen molar-refractivity contribution in [3.63, 3.8) is 0 Å². The summed E-state index contributed by atoms with van der Waals surface area (Å²) in [6.45, 7) is 6.51. The van der Waals surface area contributed by atoms with Crippen molar-refractivity contribution in [3.8, 4) is 0 Å². The molecule has 0 bridgehead atoms. The maximum absolute atomic E-state index is 4.14. The molecule has 0 aliphatic rings. The minimum absolute atomic E-state index is 0.781. The van der Waals surface area contributed by atoms with Crippen molar-refractivity contribution in [3.05, 3.63) is 42.0 Å². The molecule has 2 heterocycles. The molecule has 6 nitrogen and oxygen atoms in total. The molecule has 0 unspecified atom stereocenters. The number of likely N-dealkylation sites (N-methyl/N-ethyl adjacent to an activating group) is 1. The molecule has 0 aromatic carbocycles. The van der Waals surface area contributed by atoms with Gasteiger partial charge in [-0.2, -0.15) is 0 Å². The van der Waals surface area contributed by atoms with Crippen LogP contribution in [0.5, 0.6) is 0 Å². The monoisotopic (exact) mass is 274 g/mol. The Labute approximate surface area is 119 Å². The first-order valence-electron chi connectivity index (χ1n) is 6.95. The van der Waals surface area contributed by atoms with Gasteiger partial charge in [-0.25, -0.2) is 0 Å². The van der Waals surface area contributed by atoms with E-state index in [9.17, 15) is 0 Å². The first-order valence-corrected chi connectivity index (χ1v) is 6.95. The molecule has 108 valence electrons. The molecule has 0 atom stereocenters. The van der Waals surface area contributed by atoms with Crippen LogP contribution >= 0.6 is 0 Å². The summed E-state index contributed by atoms with van der Waals surface area (Å²) < 4.78 is 1.90. The van der Waals surface area contributed by atoms with E-state index in [2.05, 4.69) is 39.5 Å². The second kappa shape index (κ2) is 7.72. The lowest BCUT2D eigenvalue weighted by molar-refractivity contribution is 0.303. The van der Waals surface area contributed by atoms with Crippen LogP contribution in [0.15, 0.2) is 30.7 Å². The van der Waals surface area contributed by atoms with E-state index < -0.39 is 0 Å². The van der Waals surface area contributed by atoms with Crippen molar-refractivity contribution in [2.75, 3.05) is 20.1 Å². The number of aromatic nitrogens is 4. The fraction of sp³-hybridized carbons (Fsp3) is 0.500. The lowest BCUT2D eigenvalue weighted by Gasteiger charge is -2.16. The number of nitrogens with zero attached hydrogens (tertiary/aromatic N) is 5. The Bertz CT molecular complexity index is 495. The van der Waals surface area contributed by atoms with Gasteiger partial charge in [0.05, 0.1) is 12.2 Å². The van der Waals surface area contributed by atoms with Gasteiger partial charge in [0, 0.05) is 38.2 Å². The van der Waals surface area contributed by atoms with E-state index in [1.54, 1.807) is 0 Å². The minimum Gasteiger partial charge on any atom is -0.311 e. The highest BCUT2D eigenvalue weighted by Crippen LogP contribution is 2.01. The zero-order valence-electron chi connectivity index (χ0n) is 12.2. The van der Waals surface area contributed by atoms with Crippen molar-refractivity contribution in [2.24, 2.45) is 0 Å². The number of pyridine rings is 1. The number of hydrogen-bond donors (Lipinski definition) is 1. The van der Waals surface area contributed by atoms with Crippen LogP contribution in [0.1, 0.15) is 18.2 Å². The van der Waals surface area contributed by atoms with Crippen LogP contribution in [-0.2, 0) is 19.6 Å². The molecule has 0 saturated heterocycles. The lowest BCUT2D eigenvalue weighted by Crippen LogP contribution is -2.23. The van der Waals surface area contributed by atoms with Crippen LogP contribution in [0.2, 0.25) is 0 Å². The van der Waals surface area contributed by atoms with Gasteiger partial charge in [-0.05, 0) is 31.3 Å². The van der Waals surface area contributed by atoms with E-state index in [1.165, 1.54) is 5.56 Å². The van der Waals surface area contributed by atoms with Crippen molar-refractivity contribution >= 4 is 0 Å². The molecule has 0 saturated carbocycles. The summed E-state index contributed by atoms with van der Waals surface area (Å²) in [5.41, 5.74) is 2.26. The third kappa shape index (κ3) is 4.71. The van der Waals surface area contributed by atoms with Crippen molar-refractivity contribution in [1.29, 1.82) is 0 Å². The summed E-state index contributed by atoms with van der Waals surface area (Å²) in [5.74, 6) is 0. The SMILES string of the molecule is CCNCc1cn(CCN(C)Cc2ccncc2)nn1. The maximum atomic E-state index is 4.14. The van der Waals surface area contributed by atoms with E-state index in [4.69, 9.17) is 0 Å². The van der Waals surface area contributed by atoms with Crippen LogP contribution in [0.25, 0.3) is 0 Å². The Morgan fingerprint density at radius 3 is 2.85 bits per heavy atom. The van der Waals surface area contributed by atoms with Gasteiger partial charge in [0.25, 0.3) is 0 Å². The molecule has 2 rings (SSSR count). The molecule has 0 amide bonds. The zero-order valence-corrected chi connectivity index (χ0v) is 12.2. The van der Waals surface area contributed by atoms with E-state index >= 15 is 0 Å². The lowest BCUT2D eigenvalue weighted by atomic mass is 10.2. The first-order chi connectivity index (χ1) is 9.78. The largest absolute Gasteiger partial charge is 0.311 e. The summed E-state index contributed by atoms with van der Waals surface area (Å²) in [6.07, 6.45) is 5.66. The first kappa shape index (κ1) is 14.6. The van der Waals surface area contributed by atoms with E-state index in [-0.39, 0.29) is 0 Å². The summed E-state index contributed by atoms with van der Waals surface area (Å²) in [6, 6.07) is 4.08. The van der Waals surface area contributed by atoms with Crippen molar-refractivity contribution in [2.45, 2.75) is 26.6 Å². The predicted octanol–water partition coefficient (Wildman–Crippen LogP) is 0.915. The van der Waals surface area contributed by atoms with Crippen LogP contribution in [0.4, 0.5) is 0 Å². The highest BCUT2D eigenvalue weighted by Gasteiger charge is 2.03. The quantitative estimate of drug-likeness (QED) is 0.775. The molecule has 0 spiro atoms. The summed E-state index contributed by atoms with van der Waals surface area (Å²) in [7, 11) is 2.11. The average Bonchev–Trinajstić information content (AvgIpc) is 2.92. The van der Waals surface area contributed by atoms with Crippen molar-refractivity contribution < 1.29 is 0 Å². The van der Waals surface area contributed by atoms with Crippen molar-refractivity contribution in [1.82, 2.24) is 30.2 Å². The molecule has 2 aromatic heterocycles. The van der Waals surface area contributed by atoms with Crippen LogP contribution in [0.3, 0.4) is 0 Å². The van der Waals surface area contributed by atoms with E-state index in [0.717, 1.165) is 38.4 Å². The highest BCUT2D eigenvalue weighted by atomic mass is 15.4. The zero-order chi connectivity index (χ0) is 14.2. The number of hydrogen-bond acceptors (Lipinski definition) is 5. The highest BCUT2D eigenvalue weighted by molar-refractivity contribution is 5.09. The van der Waals surface area contributed by atoms with Gasteiger partial charge < -0.3 is 10.2 Å². The van der Waals surface area contributed by atoms with Gasteiger partial charge >= 0.3 is 0 Å². The smallest absolute Gasteiger partial charge is 0.0964 e. The average molecular weight is 274 g/mol. The molecule has 0 radical (unpaired) electrons. The van der Waals surface area contributed by atoms with Crippen LogP contribution < -0.4 is 5.32 Å². The second-order valence-electron chi connectivity index (χ2n) is 4.85. The Morgan fingerprint density at radius 2 is 2.10 bits per heavy atom. The summed E-state index contributed by atoms with van der Waals surface area (Å²) in [5, 5.41) is 11.5. The molecule has 1 N–H and O–H groups in total. The Morgan fingerprint density at radius 1 is 1.30 bits per heavy atom. The predicted molar refractivity (Wildman–Crippen MR) is 78.0 cm³/mol. The molecule has 6 heteroatoms. The second-order valence-corrected chi connectivity index (χ2v) is 4.85. The standard InChI is InChI=1S/C14H22N6/c1-3-15-10-14-12-20(18-17-14)9-8-19(2)11-13-4-6-16-7-5-13/h4-7,12,15H,3,8-11H2,1-2H3.